The average Bonchev–Trinajstić information content (AvgIpc) is 3.34. The van der Waals surface area contributed by atoms with Gasteiger partial charge in [-0.1, -0.05) is 78.1 Å². The van der Waals surface area contributed by atoms with E-state index in [0.29, 0.717) is 0 Å². The second-order valence-electron chi connectivity index (χ2n) is 8.46. The molecule has 6 aromatic carbocycles. The maximum absolute atomic E-state index is 2.44. The minimum Gasteiger partial charge on any atom is -0.0877 e. The number of allylic oxidation sites excluding steroid dienone is 2. The molecule has 1 heteroatoms. The Bertz CT molecular complexity index is 1720. The van der Waals surface area contributed by atoms with Crippen LogP contribution in [0.1, 0.15) is 0 Å². The second kappa shape index (κ2) is 6.41. The first-order chi connectivity index (χ1) is 15.3. The highest BCUT2D eigenvalue weighted by atomic mass is 28.3. The van der Waals surface area contributed by atoms with Gasteiger partial charge in [0.25, 0.3) is 0 Å². The van der Waals surface area contributed by atoms with Crippen molar-refractivity contribution in [1.82, 2.24) is 0 Å². The third-order valence-corrected chi connectivity index (χ3v) is 8.79. The molecule has 1 heterocycles. The first kappa shape index (κ1) is 17.0. The van der Waals surface area contributed by atoms with Crippen molar-refractivity contribution in [3.8, 4) is 0 Å². The molecule has 0 unspecified atom stereocenters. The fourth-order valence-electron chi connectivity index (χ4n) is 5.08. The third kappa shape index (κ3) is 2.60. The molecular formula is C30H19Si. The summed E-state index contributed by atoms with van der Waals surface area (Å²) >= 11 is 0. The van der Waals surface area contributed by atoms with E-state index in [1.807, 2.05) is 0 Å². The standard InChI is InChI=1S/C30H19Si/c1-2-7-21-15-26-18-27-24(17-25(26)14-20(21)6-1)11-10-23-16-22-8-5-9-30(29(22)19-28(23)27)31-12-3-4-13-31/h1-19H. The number of hydrogen-bond acceptors (Lipinski definition) is 0. The van der Waals surface area contributed by atoms with Crippen molar-refractivity contribution in [2.75, 3.05) is 0 Å². The number of benzene rings is 6. The maximum atomic E-state index is 2.44. The van der Waals surface area contributed by atoms with Gasteiger partial charge in [-0.15, -0.1) is 0 Å². The molecular weight excluding hydrogens is 388 g/mol. The Balaban J connectivity index is 1.57. The largest absolute Gasteiger partial charge is 0.140 e. The molecule has 31 heavy (non-hydrogen) atoms. The van der Waals surface area contributed by atoms with Crippen LogP contribution in [0.4, 0.5) is 0 Å². The number of fused-ring (bicyclic) bond motifs is 6. The normalized spacial score (nSPS) is 14.1. The summed E-state index contributed by atoms with van der Waals surface area (Å²) in [4.78, 5) is 0. The van der Waals surface area contributed by atoms with Crippen LogP contribution in [0.25, 0.3) is 53.9 Å². The molecule has 0 atom stereocenters. The molecule has 1 aliphatic rings. The zero-order valence-corrected chi connectivity index (χ0v) is 18.0. The first-order valence-electron chi connectivity index (χ1n) is 10.8. The highest BCUT2D eigenvalue weighted by Crippen LogP contribution is 2.33. The van der Waals surface area contributed by atoms with E-state index in [2.05, 4.69) is 115 Å². The molecule has 0 bridgehead atoms. The SMILES string of the molecule is C1=C[Si](c2cccc3cc4ccc5cc6cc7ccccc7cc6cc5c4cc23)C=C1. The van der Waals surface area contributed by atoms with Gasteiger partial charge in [0.1, 0.15) is 8.80 Å². The van der Waals surface area contributed by atoms with Gasteiger partial charge in [0, 0.05) is 0 Å². The van der Waals surface area contributed by atoms with E-state index in [1.54, 1.807) is 0 Å². The van der Waals surface area contributed by atoms with Crippen LogP contribution >= 0.6 is 0 Å². The van der Waals surface area contributed by atoms with Crippen LogP contribution < -0.4 is 5.19 Å². The van der Waals surface area contributed by atoms with Crippen molar-refractivity contribution in [2.45, 2.75) is 0 Å². The second-order valence-corrected chi connectivity index (χ2v) is 10.6. The average molecular weight is 408 g/mol. The Morgan fingerprint density at radius 2 is 0.935 bits per heavy atom. The molecule has 0 nitrogen and oxygen atoms in total. The van der Waals surface area contributed by atoms with Crippen LogP contribution in [0, 0.1) is 0 Å². The van der Waals surface area contributed by atoms with E-state index in [9.17, 15) is 0 Å². The molecule has 1 aliphatic heterocycles. The molecule has 0 aromatic heterocycles. The van der Waals surface area contributed by atoms with Crippen molar-refractivity contribution < 1.29 is 0 Å². The predicted octanol–water partition coefficient (Wildman–Crippen LogP) is 7.36. The van der Waals surface area contributed by atoms with Crippen molar-refractivity contribution in [3.05, 3.63) is 115 Å². The Morgan fingerprint density at radius 1 is 0.387 bits per heavy atom. The summed E-state index contributed by atoms with van der Waals surface area (Å²) < 4.78 is 0. The molecule has 0 saturated heterocycles. The quantitative estimate of drug-likeness (QED) is 0.152. The van der Waals surface area contributed by atoms with Crippen molar-refractivity contribution in [2.24, 2.45) is 0 Å². The summed E-state index contributed by atoms with van der Waals surface area (Å²) in [7, 11) is -0.755. The minimum absolute atomic E-state index is 0.755. The molecule has 0 amide bonds. The zero-order valence-electron chi connectivity index (χ0n) is 17.0. The van der Waals surface area contributed by atoms with Crippen molar-refractivity contribution >= 4 is 67.8 Å². The summed E-state index contributed by atoms with van der Waals surface area (Å²) in [5, 5.41) is 14.7. The van der Waals surface area contributed by atoms with Gasteiger partial charge >= 0.3 is 0 Å². The fourth-order valence-corrected chi connectivity index (χ4v) is 7.00. The Morgan fingerprint density at radius 3 is 1.68 bits per heavy atom. The monoisotopic (exact) mass is 407 g/mol. The van der Waals surface area contributed by atoms with E-state index in [0.717, 1.165) is 0 Å². The van der Waals surface area contributed by atoms with Crippen LogP contribution in [0.5, 0.6) is 0 Å². The molecule has 1 radical (unpaired) electrons. The van der Waals surface area contributed by atoms with Gasteiger partial charge in [0.15, 0.2) is 0 Å². The number of hydrogen-bond donors (Lipinski definition) is 0. The van der Waals surface area contributed by atoms with Crippen LogP contribution in [-0.4, -0.2) is 8.80 Å². The molecule has 0 N–H and O–H groups in total. The lowest BCUT2D eigenvalue weighted by atomic mass is 9.95. The summed E-state index contributed by atoms with van der Waals surface area (Å²) in [5.74, 6) is 0. The molecule has 0 spiro atoms. The molecule has 0 fully saturated rings. The highest BCUT2D eigenvalue weighted by molar-refractivity contribution is 6.84. The van der Waals surface area contributed by atoms with Crippen LogP contribution in [0.2, 0.25) is 0 Å². The summed E-state index contributed by atoms with van der Waals surface area (Å²) in [6, 6.07) is 34.1. The summed E-state index contributed by atoms with van der Waals surface area (Å²) in [5.41, 5.74) is 4.76. The highest BCUT2D eigenvalue weighted by Gasteiger charge is 2.14. The van der Waals surface area contributed by atoms with Gasteiger partial charge in [-0.3, -0.25) is 0 Å². The lowest BCUT2D eigenvalue weighted by molar-refractivity contribution is 1.79. The van der Waals surface area contributed by atoms with Gasteiger partial charge < -0.3 is 0 Å². The Kier molecular flexibility index (Phi) is 3.52. The van der Waals surface area contributed by atoms with E-state index in [-0.39, 0.29) is 0 Å². The van der Waals surface area contributed by atoms with E-state index in [1.165, 1.54) is 59.0 Å². The molecule has 0 saturated carbocycles. The van der Waals surface area contributed by atoms with Gasteiger partial charge in [-0.05, 0) is 95.4 Å². The van der Waals surface area contributed by atoms with Crippen molar-refractivity contribution in [1.29, 1.82) is 0 Å². The molecule has 0 aliphatic carbocycles. The Hall–Kier alpha value is -3.68. The molecule has 143 valence electrons. The van der Waals surface area contributed by atoms with Gasteiger partial charge in [0.2, 0.25) is 0 Å². The van der Waals surface area contributed by atoms with Crippen LogP contribution in [-0.2, 0) is 0 Å². The fraction of sp³-hybridized carbons (Fsp3) is 0. The van der Waals surface area contributed by atoms with E-state index in [4.69, 9.17) is 0 Å². The topological polar surface area (TPSA) is 0 Å². The van der Waals surface area contributed by atoms with Crippen LogP contribution in [0.15, 0.2) is 115 Å². The predicted molar refractivity (Wildman–Crippen MR) is 138 cm³/mol. The summed E-state index contributed by atoms with van der Waals surface area (Å²) in [6.07, 6.45) is 4.39. The number of rotatable bonds is 1. The third-order valence-electron chi connectivity index (χ3n) is 6.63. The molecule has 6 aromatic rings. The zero-order chi connectivity index (χ0) is 20.4. The maximum Gasteiger partial charge on any atom is 0.140 e. The van der Waals surface area contributed by atoms with Gasteiger partial charge in [-0.25, -0.2) is 0 Å². The van der Waals surface area contributed by atoms with Gasteiger partial charge in [-0.2, -0.15) is 0 Å². The summed E-state index contributed by atoms with van der Waals surface area (Å²) in [6.45, 7) is 0. The van der Waals surface area contributed by atoms with E-state index < -0.39 is 8.80 Å². The van der Waals surface area contributed by atoms with Crippen LogP contribution in [0.3, 0.4) is 0 Å². The first-order valence-corrected chi connectivity index (χ1v) is 12.4. The van der Waals surface area contributed by atoms with Gasteiger partial charge in [0.05, 0.1) is 0 Å². The smallest absolute Gasteiger partial charge is 0.0877 e. The van der Waals surface area contributed by atoms with Crippen molar-refractivity contribution in [3.63, 3.8) is 0 Å². The lowest BCUT2D eigenvalue weighted by Gasteiger charge is -2.13. The van der Waals surface area contributed by atoms with E-state index >= 15 is 0 Å². The minimum atomic E-state index is -0.755. The molecule has 7 rings (SSSR count). The lowest BCUT2D eigenvalue weighted by Crippen LogP contribution is -2.25. The Labute approximate surface area is 182 Å².